The van der Waals surface area contributed by atoms with Gasteiger partial charge in [0, 0.05) is 10.8 Å². The second kappa shape index (κ2) is 7.71. The fourth-order valence-corrected chi connectivity index (χ4v) is 3.16. The fraction of sp³-hybridized carbons (Fsp3) is 0.125. The van der Waals surface area contributed by atoms with Gasteiger partial charge in [0.25, 0.3) is 0 Å². The van der Waals surface area contributed by atoms with Crippen molar-refractivity contribution in [3.63, 3.8) is 0 Å². The van der Waals surface area contributed by atoms with Crippen LogP contribution in [0.15, 0.2) is 47.6 Å². The number of halogens is 3. The van der Waals surface area contributed by atoms with Gasteiger partial charge in [-0.15, -0.1) is 10.2 Å². The Labute approximate surface area is 151 Å². The molecule has 0 atom stereocenters. The van der Waals surface area contributed by atoms with Gasteiger partial charge in [0.1, 0.15) is 24.0 Å². The Kier molecular flexibility index (Phi) is 5.40. The zero-order valence-corrected chi connectivity index (χ0v) is 14.4. The molecule has 0 bridgehead atoms. The summed E-state index contributed by atoms with van der Waals surface area (Å²) in [5.41, 5.74) is 0.764. The van der Waals surface area contributed by atoms with Crippen molar-refractivity contribution in [3.8, 4) is 5.75 Å². The highest BCUT2D eigenvalue weighted by atomic mass is 35.5. The molecule has 0 aliphatic rings. The number of hydrogen-bond acceptors (Lipinski definition) is 5. The Hall–Kier alpha value is -2.32. The first kappa shape index (κ1) is 17.5. The molecule has 0 aliphatic carbocycles. The molecular weight excluding hydrogens is 370 g/mol. The quantitative estimate of drug-likeness (QED) is 0.519. The third-order valence-corrected chi connectivity index (χ3v) is 4.63. The molecular formula is C16H13ClF2N4OS. The zero-order chi connectivity index (χ0) is 17.8. The monoisotopic (exact) mass is 382 g/mol. The second-order valence-corrected chi connectivity index (χ2v) is 6.39. The number of rotatable bonds is 6. The van der Waals surface area contributed by atoms with E-state index in [0.717, 1.165) is 5.56 Å². The summed E-state index contributed by atoms with van der Waals surface area (Å²) in [5.74, 6) is 6.60. The van der Waals surface area contributed by atoms with Crippen molar-refractivity contribution >= 4 is 23.4 Å². The van der Waals surface area contributed by atoms with E-state index < -0.39 is 0 Å². The number of aromatic nitrogens is 3. The normalized spacial score (nSPS) is 10.8. The molecule has 5 nitrogen and oxygen atoms in total. The van der Waals surface area contributed by atoms with E-state index in [1.165, 1.54) is 52.8 Å². The van der Waals surface area contributed by atoms with Crippen LogP contribution in [0.3, 0.4) is 0 Å². The van der Waals surface area contributed by atoms with Crippen LogP contribution in [0.4, 0.5) is 8.78 Å². The molecule has 9 heteroatoms. The molecule has 1 aromatic heterocycles. The third-order valence-electron chi connectivity index (χ3n) is 3.29. The van der Waals surface area contributed by atoms with Crippen LogP contribution >= 0.6 is 23.4 Å². The van der Waals surface area contributed by atoms with Gasteiger partial charge in [0.15, 0.2) is 5.82 Å². The van der Waals surface area contributed by atoms with Crippen molar-refractivity contribution in [3.05, 3.63) is 70.5 Å². The lowest BCUT2D eigenvalue weighted by atomic mass is 10.2. The van der Waals surface area contributed by atoms with Crippen molar-refractivity contribution < 1.29 is 13.5 Å². The van der Waals surface area contributed by atoms with Gasteiger partial charge in [-0.05, 0) is 42.0 Å². The van der Waals surface area contributed by atoms with Gasteiger partial charge in [-0.3, -0.25) is 0 Å². The minimum absolute atomic E-state index is 0.0903. The lowest BCUT2D eigenvalue weighted by molar-refractivity contribution is 0.291. The summed E-state index contributed by atoms with van der Waals surface area (Å²) >= 11 is 7.31. The van der Waals surface area contributed by atoms with E-state index in [0.29, 0.717) is 27.5 Å². The van der Waals surface area contributed by atoms with Crippen LogP contribution in [0.5, 0.6) is 5.75 Å². The highest BCUT2D eigenvalue weighted by Gasteiger charge is 2.12. The first-order valence-electron chi connectivity index (χ1n) is 7.17. The predicted molar refractivity (Wildman–Crippen MR) is 91.9 cm³/mol. The van der Waals surface area contributed by atoms with Crippen molar-refractivity contribution in [2.75, 3.05) is 5.84 Å². The zero-order valence-electron chi connectivity index (χ0n) is 12.8. The topological polar surface area (TPSA) is 66.0 Å². The molecule has 0 unspecified atom stereocenters. The third kappa shape index (κ3) is 4.40. The van der Waals surface area contributed by atoms with Gasteiger partial charge in [-0.2, -0.15) is 0 Å². The number of ether oxygens (including phenoxy) is 1. The average molecular weight is 383 g/mol. The van der Waals surface area contributed by atoms with E-state index in [9.17, 15) is 8.78 Å². The number of benzene rings is 2. The van der Waals surface area contributed by atoms with Gasteiger partial charge < -0.3 is 10.6 Å². The maximum absolute atomic E-state index is 13.1. The van der Waals surface area contributed by atoms with E-state index in [1.807, 2.05) is 0 Å². The maximum Gasteiger partial charge on any atom is 0.210 e. The molecule has 0 saturated carbocycles. The molecule has 0 saturated heterocycles. The smallest absolute Gasteiger partial charge is 0.210 e. The molecule has 0 radical (unpaired) electrons. The largest absolute Gasteiger partial charge is 0.486 e. The molecule has 3 aromatic rings. The van der Waals surface area contributed by atoms with Gasteiger partial charge >= 0.3 is 0 Å². The Balaban J connectivity index is 1.61. The number of thioether (sulfide) groups is 1. The fourth-order valence-electron chi connectivity index (χ4n) is 1.96. The molecule has 1 heterocycles. The van der Waals surface area contributed by atoms with Gasteiger partial charge in [-0.25, -0.2) is 13.5 Å². The van der Waals surface area contributed by atoms with Crippen LogP contribution < -0.4 is 10.6 Å². The van der Waals surface area contributed by atoms with Crippen LogP contribution in [-0.2, 0) is 12.4 Å². The summed E-state index contributed by atoms with van der Waals surface area (Å²) in [6.45, 7) is 0.0903. The summed E-state index contributed by atoms with van der Waals surface area (Å²) < 4.78 is 32.7. The highest BCUT2D eigenvalue weighted by Crippen LogP contribution is 2.26. The number of nitrogen functional groups attached to an aromatic ring is 1. The Morgan fingerprint density at radius 1 is 1.08 bits per heavy atom. The summed E-state index contributed by atoms with van der Waals surface area (Å²) in [4.78, 5) is 0. The Bertz CT molecular complexity index is 873. The van der Waals surface area contributed by atoms with E-state index in [4.69, 9.17) is 22.2 Å². The molecule has 2 N–H and O–H groups in total. The van der Waals surface area contributed by atoms with Gasteiger partial charge in [0.2, 0.25) is 5.16 Å². The minimum Gasteiger partial charge on any atom is -0.486 e. The SMILES string of the molecule is Nn1c(COc2ccc(F)cc2)nnc1SCc1ccc(F)cc1Cl. The van der Waals surface area contributed by atoms with Crippen LogP contribution in [0, 0.1) is 11.6 Å². The Morgan fingerprint density at radius 3 is 2.52 bits per heavy atom. The van der Waals surface area contributed by atoms with Crippen molar-refractivity contribution in [1.29, 1.82) is 0 Å². The summed E-state index contributed by atoms with van der Waals surface area (Å²) in [7, 11) is 0. The summed E-state index contributed by atoms with van der Waals surface area (Å²) in [6.07, 6.45) is 0. The molecule has 0 fully saturated rings. The summed E-state index contributed by atoms with van der Waals surface area (Å²) in [5, 5.41) is 8.78. The molecule has 2 aromatic carbocycles. The van der Waals surface area contributed by atoms with Crippen LogP contribution in [-0.4, -0.2) is 14.9 Å². The number of nitrogens with two attached hydrogens (primary N) is 1. The van der Waals surface area contributed by atoms with E-state index in [1.54, 1.807) is 6.07 Å². The van der Waals surface area contributed by atoms with E-state index >= 15 is 0 Å². The minimum atomic E-state index is -0.388. The molecule has 0 aliphatic heterocycles. The second-order valence-electron chi connectivity index (χ2n) is 5.04. The van der Waals surface area contributed by atoms with Crippen molar-refractivity contribution in [2.24, 2.45) is 0 Å². The summed E-state index contributed by atoms with van der Waals surface area (Å²) in [6, 6.07) is 9.84. The standard InChI is InChI=1S/C16H13ClF2N4OS/c17-14-7-12(19)2-1-10(14)9-25-16-22-21-15(23(16)20)8-24-13-5-3-11(18)4-6-13/h1-7H,8-9,20H2. The average Bonchev–Trinajstić information content (AvgIpc) is 2.94. The van der Waals surface area contributed by atoms with E-state index in [-0.39, 0.29) is 18.2 Å². The molecule has 130 valence electrons. The van der Waals surface area contributed by atoms with E-state index in [2.05, 4.69) is 10.2 Å². The first-order chi connectivity index (χ1) is 12.0. The number of nitrogens with zero attached hydrogens (tertiary/aromatic N) is 3. The molecule has 3 rings (SSSR count). The molecule has 0 amide bonds. The lowest BCUT2D eigenvalue weighted by Gasteiger charge is -2.07. The van der Waals surface area contributed by atoms with Crippen LogP contribution in [0.1, 0.15) is 11.4 Å². The van der Waals surface area contributed by atoms with Crippen molar-refractivity contribution in [2.45, 2.75) is 17.5 Å². The van der Waals surface area contributed by atoms with Gasteiger partial charge in [-0.1, -0.05) is 29.4 Å². The van der Waals surface area contributed by atoms with Crippen LogP contribution in [0.2, 0.25) is 5.02 Å². The number of hydrogen-bond donors (Lipinski definition) is 1. The lowest BCUT2D eigenvalue weighted by Crippen LogP contribution is -2.15. The molecule has 25 heavy (non-hydrogen) atoms. The molecule has 0 spiro atoms. The van der Waals surface area contributed by atoms with Crippen molar-refractivity contribution in [1.82, 2.24) is 14.9 Å². The van der Waals surface area contributed by atoms with Crippen LogP contribution in [0.25, 0.3) is 0 Å². The first-order valence-corrected chi connectivity index (χ1v) is 8.54. The Morgan fingerprint density at radius 2 is 1.80 bits per heavy atom. The predicted octanol–water partition coefficient (Wildman–Crippen LogP) is 3.79. The maximum atomic E-state index is 13.1. The highest BCUT2D eigenvalue weighted by molar-refractivity contribution is 7.98. The van der Waals surface area contributed by atoms with Gasteiger partial charge in [0.05, 0.1) is 0 Å².